The highest BCUT2D eigenvalue weighted by Gasteiger charge is 1.95. The predicted molar refractivity (Wildman–Crippen MR) is 35.2 cm³/mol. The minimum absolute atomic E-state index is 0.519. The van der Waals surface area contributed by atoms with Crippen LogP contribution in [0, 0.1) is 18.4 Å². The number of nitrogens with zero attached hydrogens (tertiary/aromatic N) is 2. The van der Waals surface area contributed by atoms with E-state index in [0.717, 1.165) is 5.69 Å². The summed E-state index contributed by atoms with van der Waals surface area (Å²) in [5.74, 6) is 0.519. The molecule has 3 nitrogen and oxygen atoms in total. The highest BCUT2D eigenvalue weighted by molar-refractivity contribution is 5.26. The molecule has 1 rings (SSSR count). The summed E-state index contributed by atoms with van der Waals surface area (Å²) in [6.45, 7) is 1.78. The zero-order chi connectivity index (χ0) is 7.40. The Morgan fingerprint density at radius 1 is 1.70 bits per heavy atom. The summed E-state index contributed by atoms with van der Waals surface area (Å²) in [5, 5.41) is 8.14. The summed E-state index contributed by atoms with van der Waals surface area (Å²) >= 11 is 0. The monoisotopic (exact) mass is 134 g/mol. The number of hydrogen-bond donors (Lipinski definition) is 0. The fraction of sp³-hybridized carbons (Fsp3) is 0.143. The highest BCUT2D eigenvalue weighted by Crippen LogP contribution is 2.12. The maximum absolute atomic E-state index is 8.14. The van der Waals surface area contributed by atoms with Gasteiger partial charge in [-0.1, -0.05) is 0 Å². The standard InChI is InChI=1S/C7H6N2O/c1-6-7(10-5-8)3-2-4-9-6/h2-4H,1H3. The van der Waals surface area contributed by atoms with Crippen LogP contribution in [0.2, 0.25) is 0 Å². The second-order valence-corrected chi connectivity index (χ2v) is 1.78. The molecule has 50 valence electrons. The fourth-order valence-electron chi connectivity index (χ4n) is 0.627. The molecule has 0 spiro atoms. The summed E-state index contributed by atoms with van der Waals surface area (Å²) in [5.41, 5.74) is 0.726. The third-order valence-electron chi connectivity index (χ3n) is 1.11. The summed E-state index contributed by atoms with van der Waals surface area (Å²) in [6, 6.07) is 3.42. The lowest BCUT2D eigenvalue weighted by Crippen LogP contribution is -1.87. The van der Waals surface area contributed by atoms with Gasteiger partial charge in [0.1, 0.15) is 0 Å². The van der Waals surface area contributed by atoms with Gasteiger partial charge in [-0.2, -0.15) is 0 Å². The number of aryl methyl sites for hydroxylation is 1. The lowest BCUT2D eigenvalue weighted by atomic mass is 10.3. The maximum Gasteiger partial charge on any atom is 0.292 e. The molecule has 1 aromatic rings. The van der Waals surface area contributed by atoms with Crippen LogP contribution < -0.4 is 4.74 Å². The van der Waals surface area contributed by atoms with Crippen LogP contribution >= 0.6 is 0 Å². The van der Waals surface area contributed by atoms with Crippen LogP contribution in [0.4, 0.5) is 0 Å². The van der Waals surface area contributed by atoms with E-state index in [1.807, 2.05) is 0 Å². The van der Waals surface area contributed by atoms with Crippen molar-refractivity contribution in [3.8, 4) is 12.0 Å². The van der Waals surface area contributed by atoms with Crippen molar-refractivity contribution in [3.63, 3.8) is 0 Å². The Morgan fingerprint density at radius 2 is 2.50 bits per heavy atom. The van der Waals surface area contributed by atoms with E-state index in [2.05, 4.69) is 9.72 Å². The lowest BCUT2D eigenvalue weighted by molar-refractivity contribution is 0.499. The molecule has 0 radical (unpaired) electrons. The molecule has 0 aliphatic rings. The molecule has 0 N–H and O–H groups in total. The molecular weight excluding hydrogens is 128 g/mol. The molecular formula is C7H6N2O. The molecule has 0 saturated heterocycles. The molecule has 0 aliphatic heterocycles. The molecule has 1 heterocycles. The van der Waals surface area contributed by atoms with Gasteiger partial charge >= 0.3 is 0 Å². The van der Waals surface area contributed by atoms with Gasteiger partial charge in [-0.3, -0.25) is 4.98 Å². The molecule has 0 unspecified atom stereocenters. The normalized spacial score (nSPS) is 8.40. The van der Waals surface area contributed by atoms with Gasteiger partial charge in [0.25, 0.3) is 6.26 Å². The van der Waals surface area contributed by atoms with Gasteiger partial charge in [-0.15, -0.1) is 5.26 Å². The summed E-state index contributed by atoms with van der Waals surface area (Å²) in [6.07, 6.45) is 3.24. The average Bonchev–Trinajstić information content (AvgIpc) is 1.94. The summed E-state index contributed by atoms with van der Waals surface area (Å²) in [4.78, 5) is 3.92. The first-order valence-electron chi connectivity index (χ1n) is 2.82. The average molecular weight is 134 g/mol. The molecule has 0 aromatic carbocycles. The van der Waals surface area contributed by atoms with E-state index in [1.165, 1.54) is 0 Å². The van der Waals surface area contributed by atoms with E-state index in [4.69, 9.17) is 5.26 Å². The number of ether oxygens (including phenoxy) is 1. The second kappa shape index (κ2) is 2.83. The van der Waals surface area contributed by atoms with Crippen molar-refractivity contribution >= 4 is 0 Å². The highest BCUT2D eigenvalue weighted by atomic mass is 16.5. The van der Waals surface area contributed by atoms with Gasteiger partial charge in [-0.05, 0) is 19.1 Å². The Hall–Kier alpha value is -1.56. The topological polar surface area (TPSA) is 45.9 Å². The summed E-state index contributed by atoms with van der Waals surface area (Å²) in [7, 11) is 0. The van der Waals surface area contributed by atoms with Crippen molar-refractivity contribution in [1.29, 1.82) is 5.26 Å². The van der Waals surface area contributed by atoms with Crippen LogP contribution in [-0.4, -0.2) is 4.98 Å². The van der Waals surface area contributed by atoms with E-state index < -0.39 is 0 Å². The Morgan fingerprint density at radius 3 is 3.10 bits per heavy atom. The number of pyridine rings is 1. The van der Waals surface area contributed by atoms with E-state index in [1.54, 1.807) is 31.5 Å². The third-order valence-corrected chi connectivity index (χ3v) is 1.11. The molecule has 1 aromatic heterocycles. The Bertz CT molecular complexity index is 265. The molecule has 0 aliphatic carbocycles. The second-order valence-electron chi connectivity index (χ2n) is 1.78. The minimum atomic E-state index is 0.519. The number of hydrogen-bond acceptors (Lipinski definition) is 3. The van der Waals surface area contributed by atoms with E-state index in [9.17, 15) is 0 Å². The van der Waals surface area contributed by atoms with Gasteiger partial charge in [-0.25, -0.2) is 0 Å². The molecule has 0 bridgehead atoms. The van der Waals surface area contributed by atoms with Gasteiger partial charge in [0, 0.05) is 6.20 Å². The van der Waals surface area contributed by atoms with Crippen LogP contribution in [0.15, 0.2) is 18.3 Å². The molecule has 0 saturated carbocycles. The Kier molecular flexibility index (Phi) is 1.86. The fourth-order valence-corrected chi connectivity index (χ4v) is 0.627. The van der Waals surface area contributed by atoms with E-state index in [0.29, 0.717) is 5.75 Å². The summed E-state index contributed by atoms with van der Waals surface area (Å²) < 4.78 is 4.58. The zero-order valence-electron chi connectivity index (χ0n) is 5.53. The van der Waals surface area contributed by atoms with E-state index in [-0.39, 0.29) is 0 Å². The van der Waals surface area contributed by atoms with Gasteiger partial charge in [0.2, 0.25) is 0 Å². The number of rotatable bonds is 1. The minimum Gasteiger partial charge on any atom is -0.386 e. The van der Waals surface area contributed by atoms with Crippen molar-refractivity contribution in [3.05, 3.63) is 24.0 Å². The number of nitriles is 1. The van der Waals surface area contributed by atoms with Crippen molar-refractivity contribution < 1.29 is 4.74 Å². The Balaban J connectivity index is 2.94. The largest absolute Gasteiger partial charge is 0.386 e. The molecule has 0 amide bonds. The number of aromatic nitrogens is 1. The predicted octanol–water partition coefficient (Wildman–Crippen LogP) is 1.25. The smallest absolute Gasteiger partial charge is 0.292 e. The van der Waals surface area contributed by atoms with Gasteiger partial charge < -0.3 is 4.74 Å². The third kappa shape index (κ3) is 1.23. The lowest BCUT2D eigenvalue weighted by Gasteiger charge is -1.96. The molecule has 0 fully saturated rings. The SMILES string of the molecule is Cc1ncccc1OC#N. The van der Waals surface area contributed by atoms with Crippen LogP contribution in [0.25, 0.3) is 0 Å². The van der Waals surface area contributed by atoms with Gasteiger partial charge in [0.15, 0.2) is 5.75 Å². The van der Waals surface area contributed by atoms with Crippen LogP contribution in [0.5, 0.6) is 5.75 Å². The maximum atomic E-state index is 8.14. The molecule has 3 heteroatoms. The first-order valence-corrected chi connectivity index (χ1v) is 2.82. The van der Waals surface area contributed by atoms with E-state index >= 15 is 0 Å². The van der Waals surface area contributed by atoms with Crippen molar-refractivity contribution in [2.75, 3.05) is 0 Å². The van der Waals surface area contributed by atoms with Crippen molar-refractivity contribution in [1.82, 2.24) is 4.98 Å². The van der Waals surface area contributed by atoms with Crippen molar-refractivity contribution in [2.45, 2.75) is 6.92 Å². The van der Waals surface area contributed by atoms with Crippen LogP contribution in [0.1, 0.15) is 5.69 Å². The molecule has 0 atom stereocenters. The first-order chi connectivity index (χ1) is 4.84. The zero-order valence-corrected chi connectivity index (χ0v) is 5.53. The quantitative estimate of drug-likeness (QED) is 0.543. The van der Waals surface area contributed by atoms with Crippen LogP contribution in [-0.2, 0) is 0 Å². The Labute approximate surface area is 58.9 Å². The first kappa shape index (κ1) is 6.56. The van der Waals surface area contributed by atoms with Gasteiger partial charge in [0.05, 0.1) is 5.69 Å². The molecule has 10 heavy (non-hydrogen) atoms. The van der Waals surface area contributed by atoms with Crippen LogP contribution in [0.3, 0.4) is 0 Å². The van der Waals surface area contributed by atoms with Crippen molar-refractivity contribution in [2.24, 2.45) is 0 Å².